The lowest BCUT2D eigenvalue weighted by Gasteiger charge is -2.28. The molecule has 3 heterocycles. The molecule has 2 aromatic rings. The van der Waals surface area contributed by atoms with Gasteiger partial charge in [-0.25, -0.2) is 4.98 Å². The van der Waals surface area contributed by atoms with E-state index >= 15 is 0 Å². The van der Waals surface area contributed by atoms with Crippen LogP contribution in [0, 0.1) is 0 Å². The third-order valence-corrected chi connectivity index (χ3v) is 6.19. The van der Waals surface area contributed by atoms with Gasteiger partial charge in [0.25, 0.3) is 5.91 Å². The van der Waals surface area contributed by atoms with E-state index in [2.05, 4.69) is 29.4 Å². The Kier molecular flexibility index (Phi) is 5.83. The third-order valence-electron chi connectivity index (χ3n) is 6.19. The Morgan fingerprint density at radius 1 is 1.31 bits per heavy atom. The molecule has 3 N–H and O–H groups in total. The number of carbonyl (C=O) groups is 1. The average Bonchev–Trinajstić information content (AvgIpc) is 3.35. The molecule has 1 saturated heterocycles. The van der Waals surface area contributed by atoms with Gasteiger partial charge in [0.2, 0.25) is 0 Å². The molecule has 0 aliphatic carbocycles. The van der Waals surface area contributed by atoms with E-state index in [1.807, 2.05) is 36.4 Å². The van der Waals surface area contributed by atoms with Crippen molar-refractivity contribution < 1.29 is 9.90 Å². The molecule has 2 aliphatic rings. The molecule has 0 radical (unpaired) electrons. The first-order valence-corrected chi connectivity index (χ1v) is 10.6. The van der Waals surface area contributed by atoms with Crippen molar-refractivity contribution in [3.63, 3.8) is 0 Å². The molecule has 6 nitrogen and oxygen atoms in total. The number of nitrogens with zero attached hydrogens (tertiary/aromatic N) is 2. The number of carbonyl (C=O) groups excluding carboxylic acids is 1. The Labute approximate surface area is 172 Å². The second kappa shape index (κ2) is 8.51. The number of aromatic nitrogens is 1. The van der Waals surface area contributed by atoms with Crippen molar-refractivity contribution in [1.29, 1.82) is 0 Å². The fourth-order valence-electron chi connectivity index (χ4n) is 4.51. The molecule has 6 heteroatoms. The number of hydrogen-bond donors (Lipinski definition) is 3. The van der Waals surface area contributed by atoms with E-state index in [0.29, 0.717) is 12.6 Å². The summed E-state index contributed by atoms with van der Waals surface area (Å²) in [5.41, 5.74) is 3.69. The minimum atomic E-state index is -0.182. The first-order chi connectivity index (χ1) is 14.1. The zero-order valence-electron chi connectivity index (χ0n) is 17.2. The maximum absolute atomic E-state index is 12.5. The minimum Gasteiger partial charge on any atom is -0.394 e. The van der Waals surface area contributed by atoms with Gasteiger partial charge in [0, 0.05) is 30.3 Å². The van der Waals surface area contributed by atoms with Crippen LogP contribution in [0.5, 0.6) is 0 Å². The van der Waals surface area contributed by atoms with Gasteiger partial charge in [-0.2, -0.15) is 0 Å². The number of amides is 1. The number of hydrogen-bond acceptors (Lipinski definition) is 5. The first kappa shape index (κ1) is 19.9. The van der Waals surface area contributed by atoms with Gasteiger partial charge < -0.3 is 15.3 Å². The lowest BCUT2D eigenvalue weighted by atomic mass is 9.99. The number of rotatable bonds is 7. The van der Waals surface area contributed by atoms with Crippen LogP contribution in [0.3, 0.4) is 0 Å². The number of benzene rings is 1. The van der Waals surface area contributed by atoms with Gasteiger partial charge in [0.1, 0.15) is 5.82 Å². The summed E-state index contributed by atoms with van der Waals surface area (Å²) in [5.74, 6) is 0.870. The van der Waals surface area contributed by atoms with Gasteiger partial charge in [-0.1, -0.05) is 37.3 Å². The van der Waals surface area contributed by atoms with Crippen LogP contribution in [0.15, 0.2) is 36.4 Å². The number of anilines is 1. The SMILES string of the molecule is CC[C@@H](N[C@H](CO)c1ccccc1)c1nc(N2CCC[C@H]2C)cc2c1CNC2=O. The van der Waals surface area contributed by atoms with E-state index in [-0.39, 0.29) is 24.6 Å². The summed E-state index contributed by atoms with van der Waals surface area (Å²) in [6.45, 7) is 5.82. The van der Waals surface area contributed by atoms with Crippen LogP contribution in [0.4, 0.5) is 5.82 Å². The smallest absolute Gasteiger partial charge is 0.252 e. The highest BCUT2D eigenvalue weighted by atomic mass is 16.3. The first-order valence-electron chi connectivity index (χ1n) is 10.6. The van der Waals surface area contributed by atoms with Crippen LogP contribution >= 0.6 is 0 Å². The second-order valence-electron chi connectivity index (χ2n) is 8.03. The Hall–Kier alpha value is -2.44. The molecule has 0 spiro atoms. The average molecular weight is 395 g/mol. The lowest BCUT2D eigenvalue weighted by Crippen LogP contribution is -2.32. The van der Waals surface area contributed by atoms with Crippen molar-refractivity contribution in [3.05, 3.63) is 58.8 Å². The van der Waals surface area contributed by atoms with Gasteiger partial charge in [-0.3, -0.25) is 10.1 Å². The van der Waals surface area contributed by atoms with Gasteiger partial charge in [0.05, 0.1) is 24.4 Å². The minimum absolute atomic E-state index is 0.00271. The van der Waals surface area contributed by atoms with Crippen molar-refractivity contribution in [3.8, 4) is 0 Å². The Bertz CT molecular complexity index is 871. The molecule has 1 aromatic heterocycles. The maximum Gasteiger partial charge on any atom is 0.252 e. The van der Waals surface area contributed by atoms with Crippen molar-refractivity contribution >= 4 is 11.7 Å². The molecule has 1 amide bonds. The Morgan fingerprint density at radius 2 is 2.10 bits per heavy atom. The predicted molar refractivity (Wildman–Crippen MR) is 114 cm³/mol. The normalized spacial score (nSPS) is 20.4. The number of pyridine rings is 1. The second-order valence-corrected chi connectivity index (χ2v) is 8.03. The van der Waals surface area contributed by atoms with Gasteiger partial charge in [-0.15, -0.1) is 0 Å². The molecule has 154 valence electrons. The van der Waals surface area contributed by atoms with E-state index in [1.165, 1.54) is 0 Å². The lowest BCUT2D eigenvalue weighted by molar-refractivity contribution is 0.0965. The van der Waals surface area contributed by atoms with E-state index in [1.54, 1.807) is 0 Å². The molecule has 1 fully saturated rings. The van der Waals surface area contributed by atoms with Crippen LogP contribution in [0.25, 0.3) is 0 Å². The molecule has 4 rings (SSSR count). The number of aliphatic hydroxyl groups excluding tert-OH is 1. The van der Waals surface area contributed by atoms with Gasteiger partial charge in [0.15, 0.2) is 0 Å². The molecule has 3 atom stereocenters. The Balaban J connectivity index is 1.70. The summed E-state index contributed by atoms with van der Waals surface area (Å²) >= 11 is 0. The standard InChI is InChI=1S/C23H30N4O2/c1-3-19(25-20(14-28)16-9-5-4-6-10-16)22-18-13-24-23(29)17(18)12-21(26-22)27-11-7-8-15(27)2/h4-6,9-10,12,15,19-20,25,28H,3,7-8,11,13-14H2,1-2H3,(H,24,29)/t15-,19-,20-/m1/s1. The predicted octanol–water partition coefficient (Wildman–Crippen LogP) is 3.09. The molecular weight excluding hydrogens is 364 g/mol. The maximum atomic E-state index is 12.5. The summed E-state index contributed by atoms with van der Waals surface area (Å²) in [6, 6.07) is 12.1. The molecule has 0 saturated carbocycles. The molecule has 0 unspecified atom stereocenters. The van der Waals surface area contributed by atoms with E-state index in [4.69, 9.17) is 4.98 Å². The fourth-order valence-corrected chi connectivity index (χ4v) is 4.51. The van der Waals surface area contributed by atoms with Crippen LogP contribution in [0.1, 0.15) is 72.4 Å². The molecular formula is C23H30N4O2. The van der Waals surface area contributed by atoms with Crippen molar-refractivity contribution in [2.45, 2.75) is 57.8 Å². The summed E-state index contributed by atoms with van der Waals surface area (Å²) in [4.78, 5) is 19.8. The molecule has 2 aliphatic heterocycles. The molecule has 29 heavy (non-hydrogen) atoms. The zero-order valence-corrected chi connectivity index (χ0v) is 17.2. The fraction of sp³-hybridized carbons (Fsp3) is 0.478. The van der Waals surface area contributed by atoms with Crippen LogP contribution < -0.4 is 15.5 Å². The van der Waals surface area contributed by atoms with Crippen LogP contribution in [-0.2, 0) is 6.54 Å². The topological polar surface area (TPSA) is 77.5 Å². The summed E-state index contributed by atoms with van der Waals surface area (Å²) in [5, 5.41) is 16.6. The molecule has 0 bridgehead atoms. The van der Waals surface area contributed by atoms with Crippen LogP contribution in [0.2, 0.25) is 0 Å². The van der Waals surface area contributed by atoms with Gasteiger partial charge >= 0.3 is 0 Å². The highest BCUT2D eigenvalue weighted by Crippen LogP contribution is 2.33. The van der Waals surface area contributed by atoms with Crippen LogP contribution in [-0.4, -0.2) is 35.2 Å². The van der Waals surface area contributed by atoms with Crippen molar-refractivity contribution in [2.24, 2.45) is 0 Å². The number of aliphatic hydroxyl groups is 1. The quantitative estimate of drug-likeness (QED) is 0.673. The largest absolute Gasteiger partial charge is 0.394 e. The highest BCUT2D eigenvalue weighted by Gasteiger charge is 2.31. The summed E-state index contributed by atoms with van der Waals surface area (Å²) < 4.78 is 0. The van der Waals surface area contributed by atoms with E-state index in [0.717, 1.165) is 54.0 Å². The third kappa shape index (κ3) is 3.87. The summed E-state index contributed by atoms with van der Waals surface area (Å²) in [7, 11) is 0. The summed E-state index contributed by atoms with van der Waals surface area (Å²) in [6.07, 6.45) is 3.11. The van der Waals surface area contributed by atoms with E-state index < -0.39 is 0 Å². The monoisotopic (exact) mass is 394 g/mol. The molecule has 1 aromatic carbocycles. The number of nitrogens with one attached hydrogen (secondary N) is 2. The van der Waals surface area contributed by atoms with Crippen molar-refractivity contribution in [2.75, 3.05) is 18.1 Å². The zero-order chi connectivity index (χ0) is 20.4. The highest BCUT2D eigenvalue weighted by molar-refractivity contribution is 5.99. The van der Waals surface area contributed by atoms with E-state index in [9.17, 15) is 9.90 Å². The van der Waals surface area contributed by atoms with Crippen molar-refractivity contribution in [1.82, 2.24) is 15.6 Å². The number of fused-ring (bicyclic) bond motifs is 1. The Morgan fingerprint density at radius 3 is 2.76 bits per heavy atom. The van der Waals surface area contributed by atoms with Gasteiger partial charge in [-0.05, 0) is 37.8 Å².